The molecule has 0 aliphatic carbocycles. The molecule has 4 nitrogen and oxygen atoms in total. The molecule has 70 valence electrons. The van der Waals surface area contributed by atoms with E-state index in [-0.39, 0.29) is 5.56 Å². The van der Waals surface area contributed by atoms with Crippen molar-refractivity contribution in [3.8, 4) is 0 Å². The van der Waals surface area contributed by atoms with E-state index in [2.05, 4.69) is 21.9 Å². The van der Waals surface area contributed by atoms with Crippen molar-refractivity contribution in [1.29, 1.82) is 0 Å². The molecule has 1 aromatic rings. The van der Waals surface area contributed by atoms with Gasteiger partial charge in [-0.25, -0.2) is 4.98 Å². The van der Waals surface area contributed by atoms with Gasteiger partial charge in [-0.3, -0.25) is 4.79 Å². The second-order valence-corrected chi connectivity index (χ2v) is 3.78. The summed E-state index contributed by atoms with van der Waals surface area (Å²) in [5.41, 5.74) is 0.873. The van der Waals surface area contributed by atoms with E-state index in [1.165, 1.54) is 6.33 Å². The van der Waals surface area contributed by atoms with E-state index in [4.69, 9.17) is 0 Å². The maximum atomic E-state index is 11.1. The van der Waals surface area contributed by atoms with E-state index in [0.29, 0.717) is 15.9 Å². The molecule has 0 saturated heterocycles. The van der Waals surface area contributed by atoms with Gasteiger partial charge in [-0.1, -0.05) is 12.2 Å². The van der Waals surface area contributed by atoms with Crippen molar-refractivity contribution in [2.24, 2.45) is 0 Å². The molecule has 0 unspecified atom stereocenters. The van der Waals surface area contributed by atoms with Crippen molar-refractivity contribution in [2.45, 2.75) is 6.92 Å². The number of anilines is 1. The monoisotopic (exact) mass is 291 g/mol. The first-order valence-electron chi connectivity index (χ1n) is 3.72. The van der Waals surface area contributed by atoms with E-state index in [1.807, 2.05) is 29.5 Å². The minimum absolute atomic E-state index is 0.125. The van der Waals surface area contributed by atoms with Gasteiger partial charge >= 0.3 is 0 Å². The van der Waals surface area contributed by atoms with Crippen molar-refractivity contribution in [3.63, 3.8) is 0 Å². The van der Waals surface area contributed by atoms with Gasteiger partial charge in [-0.15, -0.1) is 0 Å². The Morgan fingerprint density at radius 1 is 1.85 bits per heavy atom. The van der Waals surface area contributed by atoms with Crippen molar-refractivity contribution in [1.82, 2.24) is 9.97 Å². The van der Waals surface area contributed by atoms with Crippen molar-refractivity contribution >= 4 is 28.4 Å². The first-order chi connectivity index (χ1) is 6.11. The third-order valence-corrected chi connectivity index (χ3v) is 2.35. The van der Waals surface area contributed by atoms with Crippen molar-refractivity contribution < 1.29 is 0 Å². The number of aromatic amines is 1. The lowest BCUT2D eigenvalue weighted by molar-refractivity contribution is 1.07. The van der Waals surface area contributed by atoms with Crippen LogP contribution in [0.2, 0.25) is 0 Å². The molecule has 0 bridgehead atoms. The summed E-state index contributed by atoms with van der Waals surface area (Å²) >= 11 is 1.95. The van der Waals surface area contributed by atoms with E-state index in [9.17, 15) is 4.79 Å². The highest BCUT2D eigenvalue weighted by molar-refractivity contribution is 14.1. The summed E-state index contributed by atoms with van der Waals surface area (Å²) in [6, 6.07) is 0. The summed E-state index contributed by atoms with van der Waals surface area (Å²) in [6.07, 6.45) is 1.38. The van der Waals surface area contributed by atoms with Crippen LogP contribution in [0.1, 0.15) is 6.92 Å². The first-order valence-corrected chi connectivity index (χ1v) is 4.80. The van der Waals surface area contributed by atoms with Gasteiger partial charge in [-0.05, 0) is 29.5 Å². The van der Waals surface area contributed by atoms with E-state index < -0.39 is 0 Å². The molecule has 5 heteroatoms. The standard InChI is InChI=1S/C8H10IN3O/c1-5(2)3-10-7-6(9)8(13)12-4-11-7/h4H,1,3H2,2H3,(H2,10,11,12,13). The maximum Gasteiger partial charge on any atom is 0.266 e. The molecule has 1 heterocycles. The summed E-state index contributed by atoms with van der Waals surface area (Å²) in [7, 11) is 0. The fourth-order valence-electron chi connectivity index (χ4n) is 0.741. The van der Waals surface area contributed by atoms with Crippen LogP contribution in [0.5, 0.6) is 0 Å². The molecule has 0 aromatic carbocycles. The molecule has 0 saturated carbocycles. The summed E-state index contributed by atoms with van der Waals surface area (Å²) in [5, 5.41) is 3.02. The lowest BCUT2D eigenvalue weighted by Crippen LogP contribution is -2.15. The highest BCUT2D eigenvalue weighted by Crippen LogP contribution is 2.08. The Kier molecular flexibility index (Phi) is 3.47. The molecule has 1 rings (SSSR count). The second-order valence-electron chi connectivity index (χ2n) is 2.70. The maximum absolute atomic E-state index is 11.1. The Bertz CT molecular complexity index is 372. The van der Waals surface area contributed by atoms with Crippen LogP contribution in [0.25, 0.3) is 0 Å². The largest absolute Gasteiger partial charge is 0.365 e. The van der Waals surface area contributed by atoms with Crippen LogP contribution >= 0.6 is 22.6 Å². The lowest BCUT2D eigenvalue weighted by atomic mass is 10.3. The molecule has 0 aliphatic heterocycles. The van der Waals surface area contributed by atoms with E-state index >= 15 is 0 Å². The average molecular weight is 291 g/mol. The average Bonchev–Trinajstić information content (AvgIpc) is 2.07. The van der Waals surface area contributed by atoms with E-state index in [1.54, 1.807) is 0 Å². The summed E-state index contributed by atoms with van der Waals surface area (Å²) in [4.78, 5) is 17.6. The number of H-pyrrole nitrogens is 1. The fraction of sp³-hybridized carbons (Fsp3) is 0.250. The number of halogens is 1. The van der Waals surface area contributed by atoms with Crippen LogP contribution in [-0.4, -0.2) is 16.5 Å². The molecule has 13 heavy (non-hydrogen) atoms. The Morgan fingerprint density at radius 2 is 2.54 bits per heavy atom. The number of rotatable bonds is 3. The molecule has 0 spiro atoms. The smallest absolute Gasteiger partial charge is 0.266 e. The molecular weight excluding hydrogens is 281 g/mol. The van der Waals surface area contributed by atoms with Gasteiger partial charge in [-0.2, -0.15) is 0 Å². The van der Waals surface area contributed by atoms with Crippen LogP contribution in [0.4, 0.5) is 5.82 Å². The third kappa shape index (κ3) is 2.83. The number of hydrogen-bond donors (Lipinski definition) is 2. The zero-order valence-corrected chi connectivity index (χ0v) is 9.38. The molecule has 0 fully saturated rings. The zero-order chi connectivity index (χ0) is 9.84. The number of hydrogen-bond acceptors (Lipinski definition) is 3. The second kappa shape index (κ2) is 4.40. The van der Waals surface area contributed by atoms with Gasteiger partial charge in [0.15, 0.2) is 0 Å². The van der Waals surface area contributed by atoms with Crippen LogP contribution in [-0.2, 0) is 0 Å². The molecule has 2 N–H and O–H groups in total. The third-order valence-electron chi connectivity index (χ3n) is 1.35. The quantitative estimate of drug-likeness (QED) is 0.653. The van der Waals surface area contributed by atoms with Crippen molar-refractivity contribution in [3.05, 3.63) is 32.4 Å². The number of aromatic nitrogens is 2. The van der Waals surface area contributed by atoms with Crippen LogP contribution in [0.3, 0.4) is 0 Å². The van der Waals surface area contributed by atoms with E-state index in [0.717, 1.165) is 5.57 Å². The van der Waals surface area contributed by atoms with Gasteiger partial charge in [0.05, 0.1) is 6.33 Å². The summed E-state index contributed by atoms with van der Waals surface area (Å²) in [6.45, 7) is 6.28. The molecule has 0 aliphatic rings. The molecule has 1 aromatic heterocycles. The fourth-order valence-corrected chi connectivity index (χ4v) is 1.23. The van der Waals surface area contributed by atoms with Crippen LogP contribution in [0, 0.1) is 3.57 Å². The Balaban J connectivity index is 2.83. The Morgan fingerprint density at radius 3 is 3.15 bits per heavy atom. The lowest BCUT2D eigenvalue weighted by Gasteiger charge is -2.05. The van der Waals surface area contributed by atoms with Gasteiger partial charge in [0.1, 0.15) is 9.39 Å². The predicted octanol–water partition coefficient (Wildman–Crippen LogP) is 1.36. The number of nitrogens with zero attached hydrogens (tertiary/aromatic N) is 1. The molecule has 0 amide bonds. The minimum atomic E-state index is -0.125. The Labute approximate surface area is 89.6 Å². The first kappa shape index (κ1) is 10.2. The van der Waals surface area contributed by atoms with Crippen LogP contribution < -0.4 is 10.9 Å². The minimum Gasteiger partial charge on any atom is -0.365 e. The van der Waals surface area contributed by atoms with Gasteiger partial charge in [0.2, 0.25) is 0 Å². The Hall–Kier alpha value is -0.850. The van der Waals surface area contributed by atoms with Crippen molar-refractivity contribution in [2.75, 3.05) is 11.9 Å². The zero-order valence-electron chi connectivity index (χ0n) is 7.22. The van der Waals surface area contributed by atoms with Gasteiger partial charge in [0.25, 0.3) is 5.56 Å². The van der Waals surface area contributed by atoms with Gasteiger partial charge in [0, 0.05) is 6.54 Å². The van der Waals surface area contributed by atoms with Crippen LogP contribution in [0.15, 0.2) is 23.3 Å². The molecular formula is C8H10IN3O. The molecule has 0 radical (unpaired) electrons. The topological polar surface area (TPSA) is 57.8 Å². The number of nitrogens with one attached hydrogen (secondary N) is 2. The predicted molar refractivity (Wildman–Crippen MR) is 60.9 cm³/mol. The highest BCUT2D eigenvalue weighted by Gasteiger charge is 2.03. The summed E-state index contributed by atoms with van der Waals surface area (Å²) < 4.78 is 0.571. The SMILES string of the molecule is C=C(C)CNc1nc[nH]c(=O)c1I. The molecule has 0 atom stereocenters. The van der Waals surface area contributed by atoms with Gasteiger partial charge < -0.3 is 10.3 Å². The highest BCUT2D eigenvalue weighted by atomic mass is 127. The normalized spacial score (nSPS) is 9.69. The summed E-state index contributed by atoms with van der Waals surface area (Å²) in [5.74, 6) is 0.604.